The third-order valence-electron chi connectivity index (χ3n) is 6.44. The number of carboxylic acids is 1. The molecular formula is C28H36N2O5. The van der Waals surface area contributed by atoms with Crippen molar-refractivity contribution in [2.45, 2.75) is 58.4 Å². The molecule has 0 saturated heterocycles. The van der Waals surface area contributed by atoms with Gasteiger partial charge in [0.05, 0.1) is 6.42 Å². The summed E-state index contributed by atoms with van der Waals surface area (Å²) in [6, 6.07) is 16.0. The van der Waals surface area contributed by atoms with Crippen LogP contribution in [0.5, 0.6) is 0 Å². The number of aliphatic carboxylic acids is 1. The third kappa shape index (κ3) is 7.31. The zero-order valence-electron chi connectivity index (χ0n) is 20.8. The molecule has 0 unspecified atom stereocenters. The molecule has 0 aliphatic heterocycles. The second-order valence-corrected chi connectivity index (χ2v) is 9.68. The average molecular weight is 481 g/mol. The van der Waals surface area contributed by atoms with Gasteiger partial charge in [-0.3, -0.25) is 9.59 Å². The topological polar surface area (TPSA) is 105 Å². The first kappa shape index (κ1) is 26.3. The summed E-state index contributed by atoms with van der Waals surface area (Å²) >= 11 is 0. The second-order valence-electron chi connectivity index (χ2n) is 9.68. The molecule has 0 heterocycles. The molecule has 7 nitrogen and oxygen atoms in total. The van der Waals surface area contributed by atoms with Crippen LogP contribution >= 0.6 is 0 Å². The highest BCUT2D eigenvalue weighted by Crippen LogP contribution is 2.44. The van der Waals surface area contributed by atoms with Crippen molar-refractivity contribution in [1.29, 1.82) is 0 Å². The van der Waals surface area contributed by atoms with Gasteiger partial charge in [0.25, 0.3) is 0 Å². The van der Waals surface area contributed by atoms with E-state index in [-0.39, 0.29) is 37.2 Å². The maximum atomic E-state index is 12.5. The summed E-state index contributed by atoms with van der Waals surface area (Å²) < 4.78 is 5.61. The van der Waals surface area contributed by atoms with Crippen LogP contribution in [0, 0.1) is 11.8 Å². The minimum absolute atomic E-state index is 0.00870. The number of fused-ring (bicyclic) bond motifs is 3. The Bertz CT molecular complexity index is 990. The van der Waals surface area contributed by atoms with Crippen molar-refractivity contribution >= 4 is 18.0 Å². The lowest BCUT2D eigenvalue weighted by molar-refractivity contribution is -0.137. The molecule has 0 saturated carbocycles. The molecular weight excluding hydrogens is 444 g/mol. The molecule has 2 aromatic rings. The SMILES string of the molecule is CC[C@H](CC(=O)O)NC(=O)C[C@@H](CNC(=O)OCC1c2ccccc2-c2ccccc21)CC(C)C. The number of amides is 2. The molecule has 0 spiro atoms. The van der Waals surface area contributed by atoms with Crippen LogP contribution in [0.4, 0.5) is 4.79 Å². The number of rotatable bonds is 12. The van der Waals surface area contributed by atoms with E-state index >= 15 is 0 Å². The monoisotopic (exact) mass is 480 g/mol. The van der Waals surface area contributed by atoms with E-state index in [1.165, 1.54) is 11.1 Å². The number of nitrogens with one attached hydrogen (secondary N) is 2. The molecule has 0 aromatic heterocycles. The van der Waals surface area contributed by atoms with Crippen molar-refractivity contribution in [1.82, 2.24) is 10.6 Å². The average Bonchev–Trinajstić information content (AvgIpc) is 3.14. The Labute approximate surface area is 207 Å². The lowest BCUT2D eigenvalue weighted by Gasteiger charge is -2.21. The maximum Gasteiger partial charge on any atom is 0.407 e. The molecule has 3 N–H and O–H groups in total. The molecule has 2 aromatic carbocycles. The lowest BCUT2D eigenvalue weighted by atomic mass is 9.93. The van der Waals surface area contributed by atoms with E-state index < -0.39 is 18.1 Å². The zero-order valence-corrected chi connectivity index (χ0v) is 20.8. The number of carbonyl (C=O) groups is 3. The van der Waals surface area contributed by atoms with Crippen molar-refractivity contribution in [2.75, 3.05) is 13.2 Å². The van der Waals surface area contributed by atoms with Gasteiger partial charge in [0.1, 0.15) is 6.61 Å². The van der Waals surface area contributed by atoms with E-state index in [0.29, 0.717) is 18.9 Å². The highest BCUT2D eigenvalue weighted by Gasteiger charge is 2.29. The van der Waals surface area contributed by atoms with E-state index in [2.05, 4.69) is 48.7 Å². The Kier molecular flexibility index (Phi) is 9.29. The summed E-state index contributed by atoms with van der Waals surface area (Å²) in [5.74, 6) is -0.868. The van der Waals surface area contributed by atoms with Crippen molar-refractivity contribution in [2.24, 2.45) is 11.8 Å². The van der Waals surface area contributed by atoms with E-state index in [4.69, 9.17) is 9.84 Å². The Morgan fingerprint density at radius 1 is 0.971 bits per heavy atom. The fourth-order valence-corrected chi connectivity index (χ4v) is 4.84. The van der Waals surface area contributed by atoms with Gasteiger partial charge in [-0.05, 0) is 46.9 Å². The molecule has 0 fully saturated rings. The molecule has 2 amide bonds. The molecule has 1 aliphatic carbocycles. The first-order valence-corrected chi connectivity index (χ1v) is 12.4. The van der Waals surface area contributed by atoms with Gasteiger partial charge in [-0.1, -0.05) is 69.3 Å². The van der Waals surface area contributed by atoms with Gasteiger partial charge in [-0.25, -0.2) is 4.79 Å². The summed E-state index contributed by atoms with van der Waals surface area (Å²) in [7, 11) is 0. The van der Waals surface area contributed by atoms with Crippen LogP contribution in [0.1, 0.15) is 63.5 Å². The smallest absolute Gasteiger partial charge is 0.407 e. The van der Waals surface area contributed by atoms with Crippen molar-refractivity contribution in [3.63, 3.8) is 0 Å². The molecule has 7 heteroatoms. The van der Waals surface area contributed by atoms with E-state index in [0.717, 1.165) is 17.5 Å². The van der Waals surface area contributed by atoms with Crippen LogP contribution < -0.4 is 10.6 Å². The summed E-state index contributed by atoms with van der Waals surface area (Å²) in [5.41, 5.74) is 4.66. The Morgan fingerprint density at radius 3 is 2.11 bits per heavy atom. The van der Waals surface area contributed by atoms with Gasteiger partial charge in [0, 0.05) is 24.9 Å². The van der Waals surface area contributed by atoms with Crippen LogP contribution in [-0.2, 0) is 14.3 Å². The minimum Gasteiger partial charge on any atom is -0.481 e. The number of ether oxygens (including phenoxy) is 1. The summed E-state index contributed by atoms with van der Waals surface area (Å²) in [6.45, 7) is 6.54. The number of hydrogen-bond acceptors (Lipinski definition) is 4. The van der Waals surface area contributed by atoms with Crippen LogP contribution in [0.2, 0.25) is 0 Å². The predicted molar refractivity (Wildman–Crippen MR) is 135 cm³/mol. The number of carboxylic acid groups (broad SMARTS) is 1. The number of hydrogen-bond donors (Lipinski definition) is 3. The maximum absolute atomic E-state index is 12.5. The molecule has 2 atom stereocenters. The predicted octanol–water partition coefficient (Wildman–Crippen LogP) is 4.95. The van der Waals surface area contributed by atoms with Crippen LogP contribution in [0.15, 0.2) is 48.5 Å². The Balaban J connectivity index is 1.54. The Morgan fingerprint density at radius 2 is 1.57 bits per heavy atom. The second kappa shape index (κ2) is 12.4. The molecule has 1 aliphatic rings. The van der Waals surface area contributed by atoms with Crippen molar-refractivity contribution in [3.05, 3.63) is 59.7 Å². The number of alkyl carbamates (subject to hydrolysis) is 1. The van der Waals surface area contributed by atoms with Crippen molar-refractivity contribution in [3.8, 4) is 11.1 Å². The first-order valence-electron chi connectivity index (χ1n) is 12.4. The Hall–Kier alpha value is -3.35. The van der Waals surface area contributed by atoms with Crippen LogP contribution in [0.25, 0.3) is 11.1 Å². The highest BCUT2D eigenvalue weighted by atomic mass is 16.5. The van der Waals surface area contributed by atoms with E-state index in [9.17, 15) is 14.4 Å². The quantitative estimate of drug-likeness (QED) is 0.399. The van der Waals surface area contributed by atoms with Gasteiger partial charge in [-0.15, -0.1) is 0 Å². The van der Waals surface area contributed by atoms with Gasteiger partial charge < -0.3 is 20.5 Å². The van der Waals surface area contributed by atoms with Gasteiger partial charge in [0.2, 0.25) is 5.91 Å². The van der Waals surface area contributed by atoms with Crippen molar-refractivity contribution < 1.29 is 24.2 Å². The summed E-state index contributed by atoms with van der Waals surface area (Å²) in [6.07, 6.45) is 0.920. The molecule has 3 rings (SSSR count). The van der Waals surface area contributed by atoms with Crippen LogP contribution in [0.3, 0.4) is 0 Å². The van der Waals surface area contributed by atoms with Crippen LogP contribution in [-0.4, -0.2) is 42.3 Å². The summed E-state index contributed by atoms with van der Waals surface area (Å²) in [4.78, 5) is 36.0. The highest BCUT2D eigenvalue weighted by molar-refractivity contribution is 5.79. The largest absolute Gasteiger partial charge is 0.481 e. The van der Waals surface area contributed by atoms with E-state index in [1.807, 2.05) is 31.2 Å². The van der Waals surface area contributed by atoms with Gasteiger partial charge >= 0.3 is 12.1 Å². The fraction of sp³-hybridized carbons (Fsp3) is 0.464. The number of carbonyl (C=O) groups excluding carboxylic acids is 2. The zero-order chi connectivity index (χ0) is 25.4. The number of benzene rings is 2. The minimum atomic E-state index is -0.937. The summed E-state index contributed by atoms with van der Waals surface area (Å²) in [5, 5.41) is 14.6. The van der Waals surface area contributed by atoms with Gasteiger partial charge in [0.15, 0.2) is 0 Å². The molecule has 35 heavy (non-hydrogen) atoms. The van der Waals surface area contributed by atoms with Gasteiger partial charge in [-0.2, -0.15) is 0 Å². The normalized spacial score (nSPS) is 14.1. The standard InChI is InChI=1S/C28H36N2O5/c1-4-20(15-27(32)33)30-26(31)14-19(13-18(2)3)16-29-28(34)35-17-25-23-11-7-5-9-21(23)22-10-6-8-12-24(22)25/h5-12,18-20,25H,4,13-17H2,1-3H3,(H,29,34)(H,30,31)(H,32,33)/t19-,20+/m0/s1. The molecule has 0 radical (unpaired) electrons. The fourth-order valence-electron chi connectivity index (χ4n) is 4.84. The molecule has 0 bridgehead atoms. The van der Waals surface area contributed by atoms with E-state index in [1.54, 1.807) is 0 Å². The first-order chi connectivity index (χ1) is 16.8. The lowest BCUT2D eigenvalue weighted by Crippen LogP contribution is -2.39. The molecule has 188 valence electrons. The third-order valence-corrected chi connectivity index (χ3v) is 6.44.